The monoisotopic (exact) mass is 216 g/mol. The van der Waals surface area contributed by atoms with Crippen molar-refractivity contribution in [1.82, 2.24) is 20.3 Å². The number of aromatic nitrogens is 3. The predicted octanol–water partition coefficient (Wildman–Crippen LogP) is 1.43. The lowest BCUT2D eigenvalue weighted by Gasteiger charge is -2.21. The molecule has 16 heavy (non-hydrogen) atoms. The van der Waals surface area contributed by atoms with Crippen LogP contribution in [0.5, 0.6) is 0 Å². The number of rotatable bonds is 2. The molecule has 2 heterocycles. The summed E-state index contributed by atoms with van der Waals surface area (Å²) >= 11 is 0. The van der Waals surface area contributed by atoms with Gasteiger partial charge < -0.3 is 5.32 Å². The van der Waals surface area contributed by atoms with Crippen LogP contribution in [0.15, 0.2) is 24.3 Å². The molecule has 0 aliphatic carbocycles. The fraction of sp³-hybridized carbons (Fsp3) is 0.500. The molecule has 0 radical (unpaired) electrons. The molecular weight excluding hydrogens is 200 g/mol. The Balaban J connectivity index is 1.78. The van der Waals surface area contributed by atoms with Crippen molar-refractivity contribution in [3.63, 3.8) is 0 Å². The van der Waals surface area contributed by atoms with Gasteiger partial charge in [-0.1, -0.05) is 12.1 Å². The van der Waals surface area contributed by atoms with E-state index in [1.54, 1.807) is 0 Å². The highest BCUT2D eigenvalue weighted by Crippen LogP contribution is 2.13. The van der Waals surface area contributed by atoms with Gasteiger partial charge in [0, 0.05) is 0 Å². The quantitative estimate of drug-likeness (QED) is 0.825. The summed E-state index contributed by atoms with van der Waals surface area (Å²) in [5, 5.41) is 12.4. The molecule has 0 spiro atoms. The number of piperidine rings is 1. The Morgan fingerprint density at radius 3 is 2.62 bits per heavy atom. The Kier molecular flexibility index (Phi) is 2.58. The summed E-state index contributed by atoms with van der Waals surface area (Å²) in [6, 6.07) is 8.03. The van der Waals surface area contributed by atoms with Gasteiger partial charge >= 0.3 is 0 Å². The zero-order chi connectivity index (χ0) is 10.8. The highest BCUT2D eigenvalue weighted by molar-refractivity contribution is 5.72. The van der Waals surface area contributed by atoms with Gasteiger partial charge in [0.05, 0.1) is 6.54 Å². The summed E-state index contributed by atoms with van der Waals surface area (Å²) in [5.74, 6) is 0.676. The van der Waals surface area contributed by atoms with Crippen LogP contribution in [-0.4, -0.2) is 28.1 Å². The van der Waals surface area contributed by atoms with E-state index < -0.39 is 0 Å². The van der Waals surface area contributed by atoms with Crippen LogP contribution in [0.4, 0.5) is 0 Å². The highest BCUT2D eigenvalue weighted by atomic mass is 15.5. The molecule has 1 saturated heterocycles. The van der Waals surface area contributed by atoms with Crippen molar-refractivity contribution in [3.05, 3.63) is 24.3 Å². The van der Waals surface area contributed by atoms with E-state index in [2.05, 4.69) is 15.5 Å². The summed E-state index contributed by atoms with van der Waals surface area (Å²) in [5.41, 5.74) is 1.98. The number of hydrogen-bond donors (Lipinski definition) is 1. The van der Waals surface area contributed by atoms with Crippen molar-refractivity contribution in [1.29, 1.82) is 0 Å². The minimum atomic E-state index is 0.676. The number of benzene rings is 1. The Hall–Kier alpha value is -1.42. The van der Waals surface area contributed by atoms with Crippen molar-refractivity contribution in [2.45, 2.75) is 19.4 Å². The summed E-state index contributed by atoms with van der Waals surface area (Å²) in [7, 11) is 0. The zero-order valence-corrected chi connectivity index (χ0v) is 9.26. The van der Waals surface area contributed by atoms with Crippen molar-refractivity contribution in [3.8, 4) is 0 Å². The number of fused-ring (bicyclic) bond motifs is 1. The number of hydrogen-bond acceptors (Lipinski definition) is 3. The molecule has 4 nitrogen and oxygen atoms in total. The first kappa shape index (κ1) is 9.78. The van der Waals surface area contributed by atoms with E-state index in [1.165, 1.54) is 12.8 Å². The van der Waals surface area contributed by atoms with Crippen LogP contribution >= 0.6 is 0 Å². The van der Waals surface area contributed by atoms with Gasteiger partial charge in [-0.15, -0.1) is 0 Å². The molecule has 0 bridgehead atoms. The maximum Gasteiger partial charge on any atom is 0.113 e. The van der Waals surface area contributed by atoms with Gasteiger partial charge in [-0.3, -0.25) is 0 Å². The number of nitrogens with zero attached hydrogens (tertiary/aromatic N) is 3. The van der Waals surface area contributed by atoms with Gasteiger partial charge in [-0.05, 0) is 44.0 Å². The zero-order valence-electron chi connectivity index (χ0n) is 9.26. The van der Waals surface area contributed by atoms with E-state index >= 15 is 0 Å². The molecule has 4 heteroatoms. The maximum absolute atomic E-state index is 4.48. The van der Waals surface area contributed by atoms with Crippen LogP contribution in [0, 0.1) is 5.92 Å². The molecule has 0 saturated carbocycles. The van der Waals surface area contributed by atoms with Crippen molar-refractivity contribution < 1.29 is 0 Å². The molecule has 1 aromatic heterocycles. The summed E-state index contributed by atoms with van der Waals surface area (Å²) in [6.45, 7) is 3.19. The van der Waals surface area contributed by atoms with E-state index in [0.29, 0.717) is 5.92 Å². The Morgan fingerprint density at radius 2 is 2.00 bits per heavy atom. The van der Waals surface area contributed by atoms with Crippen molar-refractivity contribution in [2.75, 3.05) is 13.1 Å². The van der Waals surface area contributed by atoms with Gasteiger partial charge in [-0.2, -0.15) is 15.0 Å². The van der Waals surface area contributed by atoms with E-state index in [0.717, 1.165) is 30.7 Å². The van der Waals surface area contributed by atoms with Crippen LogP contribution < -0.4 is 5.32 Å². The predicted molar refractivity (Wildman–Crippen MR) is 63.1 cm³/mol. The topological polar surface area (TPSA) is 42.7 Å². The van der Waals surface area contributed by atoms with E-state index in [9.17, 15) is 0 Å². The number of nitrogens with one attached hydrogen (secondary N) is 1. The van der Waals surface area contributed by atoms with Gasteiger partial charge in [0.25, 0.3) is 0 Å². The standard InChI is InChI=1S/C12H16N4/c1-2-6-12-11(5-1)14-16(15-12)9-10-4-3-7-13-8-10/h1-2,5-6,10,13H,3-4,7-9H2. The summed E-state index contributed by atoms with van der Waals surface area (Å²) < 4.78 is 0. The minimum absolute atomic E-state index is 0.676. The van der Waals surface area contributed by atoms with E-state index in [4.69, 9.17) is 0 Å². The first-order valence-corrected chi connectivity index (χ1v) is 5.92. The second-order valence-electron chi connectivity index (χ2n) is 4.46. The third-order valence-electron chi connectivity index (χ3n) is 3.15. The van der Waals surface area contributed by atoms with Crippen molar-refractivity contribution in [2.24, 2.45) is 5.92 Å². The lowest BCUT2D eigenvalue weighted by Crippen LogP contribution is -2.32. The van der Waals surface area contributed by atoms with Crippen LogP contribution in [0.25, 0.3) is 11.0 Å². The Morgan fingerprint density at radius 1 is 1.25 bits per heavy atom. The molecule has 1 aliphatic rings. The summed E-state index contributed by atoms with van der Waals surface area (Å²) in [6.07, 6.45) is 2.55. The van der Waals surface area contributed by atoms with Gasteiger partial charge in [0.2, 0.25) is 0 Å². The third kappa shape index (κ3) is 1.93. The maximum atomic E-state index is 4.48. The molecule has 1 aromatic carbocycles. The van der Waals surface area contributed by atoms with Gasteiger partial charge in [0.1, 0.15) is 11.0 Å². The van der Waals surface area contributed by atoms with E-state index in [-0.39, 0.29) is 0 Å². The van der Waals surface area contributed by atoms with Crippen LogP contribution in [0.2, 0.25) is 0 Å². The fourth-order valence-corrected chi connectivity index (χ4v) is 2.30. The van der Waals surface area contributed by atoms with Crippen LogP contribution in [-0.2, 0) is 6.54 Å². The molecule has 0 amide bonds. The molecule has 1 N–H and O–H groups in total. The lowest BCUT2D eigenvalue weighted by atomic mass is 10.0. The molecule has 1 unspecified atom stereocenters. The van der Waals surface area contributed by atoms with Crippen molar-refractivity contribution >= 4 is 11.0 Å². The van der Waals surface area contributed by atoms with E-state index in [1.807, 2.05) is 29.1 Å². The smallest absolute Gasteiger partial charge is 0.113 e. The Bertz CT molecular complexity index is 438. The second-order valence-corrected chi connectivity index (χ2v) is 4.46. The molecule has 1 aliphatic heterocycles. The molecule has 2 aromatic rings. The second kappa shape index (κ2) is 4.22. The SMILES string of the molecule is c1ccc2nn(CC3CCCNC3)nc2c1. The minimum Gasteiger partial charge on any atom is -0.316 e. The third-order valence-corrected chi connectivity index (χ3v) is 3.15. The first-order chi connectivity index (χ1) is 7.92. The molecule has 1 fully saturated rings. The average Bonchev–Trinajstić information content (AvgIpc) is 2.72. The Labute approximate surface area is 94.6 Å². The van der Waals surface area contributed by atoms with Crippen LogP contribution in [0.1, 0.15) is 12.8 Å². The van der Waals surface area contributed by atoms with Crippen LogP contribution in [0.3, 0.4) is 0 Å². The largest absolute Gasteiger partial charge is 0.316 e. The molecule has 1 atom stereocenters. The average molecular weight is 216 g/mol. The molecule has 84 valence electrons. The molecule has 3 rings (SSSR count). The normalized spacial score (nSPS) is 21.4. The first-order valence-electron chi connectivity index (χ1n) is 5.92. The van der Waals surface area contributed by atoms with Gasteiger partial charge in [-0.25, -0.2) is 0 Å². The highest BCUT2D eigenvalue weighted by Gasteiger charge is 2.14. The summed E-state index contributed by atoms with van der Waals surface area (Å²) in [4.78, 5) is 1.85. The lowest BCUT2D eigenvalue weighted by molar-refractivity contribution is 0.311. The van der Waals surface area contributed by atoms with Gasteiger partial charge in [0.15, 0.2) is 0 Å². The molecular formula is C12H16N4. The fourth-order valence-electron chi connectivity index (χ4n) is 2.30.